The number of carbonyl (C=O) groups excluding carboxylic acids is 1. The second-order valence-corrected chi connectivity index (χ2v) is 4.08. The van der Waals surface area contributed by atoms with E-state index in [1.807, 2.05) is 6.92 Å². The van der Waals surface area contributed by atoms with Crippen molar-refractivity contribution in [1.82, 2.24) is 10.3 Å². The molecule has 1 aromatic heterocycles. The number of urea groups is 1. The Morgan fingerprint density at radius 1 is 1.62 bits per heavy atom. The molecule has 0 aromatic carbocycles. The Morgan fingerprint density at radius 2 is 2.38 bits per heavy atom. The van der Waals surface area contributed by atoms with Crippen LogP contribution >= 0.6 is 0 Å². The topological polar surface area (TPSA) is 54.0 Å². The maximum atomic E-state index is 13.2. The molecule has 86 valence electrons. The Kier molecular flexibility index (Phi) is 3.03. The monoisotopic (exact) mass is 223 g/mol. The van der Waals surface area contributed by atoms with Gasteiger partial charge in [-0.1, -0.05) is 0 Å². The van der Waals surface area contributed by atoms with Gasteiger partial charge in [-0.2, -0.15) is 0 Å². The van der Waals surface area contributed by atoms with Gasteiger partial charge in [-0.25, -0.2) is 9.18 Å². The van der Waals surface area contributed by atoms with E-state index in [9.17, 15) is 9.18 Å². The molecule has 1 saturated carbocycles. The highest BCUT2D eigenvalue weighted by Gasteiger charge is 2.28. The Morgan fingerprint density at radius 3 is 3.00 bits per heavy atom. The lowest BCUT2D eigenvalue weighted by Gasteiger charge is -2.13. The number of aromatic nitrogens is 1. The van der Waals surface area contributed by atoms with Crippen LogP contribution in [0.2, 0.25) is 0 Å². The fraction of sp³-hybridized carbons (Fsp3) is 0.455. The molecule has 1 aromatic rings. The van der Waals surface area contributed by atoms with Crippen molar-refractivity contribution in [1.29, 1.82) is 0 Å². The quantitative estimate of drug-likeness (QED) is 0.824. The molecule has 0 saturated heterocycles. The van der Waals surface area contributed by atoms with Crippen LogP contribution in [-0.2, 0) is 0 Å². The van der Waals surface area contributed by atoms with Crippen LogP contribution < -0.4 is 10.6 Å². The van der Waals surface area contributed by atoms with Crippen molar-refractivity contribution in [3.63, 3.8) is 0 Å². The highest BCUT2D eigenvalue weighted by atomic mass is 19.1. The van der Waals surface area contributed by atoms with E-state index in [4.69, 9.17) is 0 Å². The van der Waals surface area contributed by atoms with Gasteiger partial charge in [0.25, 0.3) is 0 Å². The summed E-state index contributed by atoms with van der Waals surface area (Å²) in [5.41, 5.74) is 0.149. The summed E-state index contributed by atoms with van der Waals surface area (Å²) in [7, 11) is 0. The summed E-state index contributed by atoms with van der Waals surface area (Å²) in [6.45, 7) is 1.96. The molecule has 2 rings (SSSR count). The lowest BCUT2D eigenvalue weighted by atomic mass is 10.2. The normalized spacial score (nSPS) is 16.6. The van der Waals surface area contributed by atoms with Gasteiger partial charge in [-0.3, -0.25) is 4.98 Å². The van der Waals surface area contributed by atoms with Gasteiger partial charge in [-0.15, -0.1) is 0 Å². The first-order chi connectivity index (χ1) is 7.66. The number of nitrogens with one attached hydrogen (secondary N) is 2. The summed E-state index contributed by atoms with van der Waals surface area (Å²) in [4.78, 5) is 15.1. The van der Waals surface area contributed by atoms with Crippen LogP contribution in [-0.4, -0.2) is 17.1 Å². The predicted octanol–water partition coefficient (Wildman–Crippen LogP) is 2.14. The minimum absolute atomic E-state index is 0.143. The molecule has 1 heterocycles. The van der Waals surface area contributed by atoms with E-state index in [0.29, 0.717) is 5.92 Å². The summed E-state index contributed by atoms with van der Waals surface area (Å²) < 4.78 is 13.2. The fourth-order valence-corrected chi connectivity index (χ4v) is 1.56. The zero-order chi connectivity index (χ0) is 11.5. The molecule has 2 amide bonds. The average Bonchev–Trinajstić information content (AvgIpc) is 3.04. The van der Waals surface area contributed by atoms with Crippen LogP contribution in [0.25, 0.3) is 0 Å². The van der Waals surface area contributed by atoms with Gasteiger partial charge in [0.05, 0.1) is 11.9 Å². The van der Waals surface area contributed by atoms with E-state index in [2.05, 4.69) is 15.6 Å². The third-order valence-electron chi connectivity index (χ3n) is 2.71. The van der Waals surface area contributed by atoms with Crippen LogP contribution in [0, 0.1) is 11.7 Å². The van der Waals surface area contributed by atoms with Crippen LogP contribution in [0.3, 0.4) is 0 Å². The largest absolute Gasteiger partial charge is 0.335 e. The predicted molar refractivity (Wildman–Crippen MR) is 58.5 cm³/mol. The van der Waals surface area contributed by atoms with Crippen LogP contribution in [0.15, 0.2) is 18.5 Å². The molecule has 0 unspecified atom stereocenters. The van der Waals surface area contributed by atoms with Gasteiger partial charge in [-0.05, 0) is 31.7 Å². The first-order valence-electron chi connectivity index (χ1n) is 5.34. The van der Waals surface area contributed by atoms with Gasteiger partial charge in [0.2, 0.25) is 0 Å². The van der Waals surface area contributed by atoms with Crippen molar-refractivity contribution in [2.24, 2.45) is 5.92 Å². The number of hydrogen-bond acceptors (Lipinski definition) is 2. The summed E-state index contributed by atoms with van der Waals surface area (Å²) in [6.07, 6.45) is 4.82. The molecule has 0 bridgehead atoms. The molecule has 1 fully saturated rings. The number of anilines is 1. The molecule has 5 heteroatoms. The molecule has 0 radical (unpaired) electrons. The third kappa shape index (κ3) is 2.68. The number of nitrogens with zero attached hydrogens (tertiary/aromatic N) is 1. The van der Waals surface area contributed by atoms with Gasteiger partial charge in [0.15, 0.2) is 5.82 Å². The zero-order valence-corrected chi connectivity index (χ0v) is 9.03. The van der Waals surface area contributed by atoms with Crippen molar-refractivity contribution in [3.05, 3.63) is 24.3 Å². The van der Waals surface area contributed by atoms with Gasteiger partial charge < -0.3 is 10.6 Å². The van der Waals surface area contributed by atoms with Gasteiger partial charge in [0, 0.05) is 12.2 Å². The molecule has 1 aliphatic rings. The molecule has 4 nitrogen and oxygen atoms in total. The van der Waals surface area contributed by atoms with E-state index in [1.54, 1.807) is 0 Å². The smallest absolute Gasteiger partial charge is 0.319 e. The highest BCUT2D eigenvalue weighted by molar-refractivity contribution is 5.89. The molecule has 1 aliphatic carbocycles. The Labute approximate surface area is 93.3 Å². The lowest BCUT2D eigenvalue weighted by Crippen LogP contribution is -2.37. The number of halogens is 1. The molecule has 0 aliphatic heterocycles. The minimum Gasteiger partial charge on any atom is -0.335 e. The van der Waals surface area contributed by atoms with E-state index < -0.39 is 5.82 Å². The maximum absolute atomic E-state index is 13.2. The van der Waals surface area contributed by atoms with E-state index in [1.165, 1.54) is 12.3 Å². The molecule has 0 spiro atoms. The van der Waals surface area contributed by atoms with Crippen LogP contribution in [0.5, 0.6) is 0 Å². The summed E-state index contributed by atoms with van der Waals surface area (Å²) >= 11 is 0. The first-order valence-corrected chi connectivity index (χ1v) is 5.34. The second kappa shape index (κ2) is 4.47. The molecule has 16 heavy (non-hydrogen) atoms. The lowest BCUT2D eigenvalue weighted by molar-refractivity contribution is 0.248. The highest BCUT2D eigenvalue weighted by Crippen LogP contribution is 2.32. The Bertz CT molecular complexity index is 393. The van der Waals surface area contributed by atoms with Crippen molar-refractivity contribution in [2.75, 3.05) is 5.32 Å². The third-order valence-corrected chi connectivity index (χ3v) is 2.71. The molecular weight excluding hydrogens is 209 g/mol. The summed E-state index contributed by atoms with van der Waals surface area (Å²) in [5, 5.41) is 5.24. The van der Waals surface area contributed by atoms with Crippen LogP contribution in [0.4, 0.5) is 14.9 Å². The SMILES string of the molecule is C[C@H](NC(=O)Nc1ccncc1F)C1CC1. The number of pyridine rings is 1. The zero-order valence-electron chi connectivity index (χ0n) is 9.03. The van der Waals surface area contributed by atoms with E-state index in [-0.39, 0.29) is 17.8 Å². The first kappa shape index (κ1) is 10.9. The maximum Gasteiger partial charge on any atom is 0.319 e. The van der Waals surface area contributed by atoms with Crippen LogP contribution in [0.1, 0.15) is 19.8 Å². The number of rotatable bonds is 3. The molecule has 2 N–H and O–H groups in total. The average molecular weight is 223 g/mol. The number of carbonyl (C=O) groups is 1. The van der Waals surface area contributed by atoms with Crippen molar-refractivity contribution in [2.45, 2.75) is 25.8 Å². The number of amides is 2. The van der Waals surface area contributed by atoms with Crippen molar-refractivity contribution >= 4 is 11.7 Å². The Balaban J connectivity index is 1.89. The van der Waals surface area contributed by atoms with E-state index >= 15 is 0 Å². The molecule has 1 atom stereocenters. The van der Waals surface area contributed by atoms with Crippen molar-refractivity contribution in [3.8, 4) is 0 Å². The standard InChI is InChI=1S/C11H14FN3O/c1-7(8-2-3-8)14-11(16)15-10-4-5-13-6-9(10)12/h4-8H,2-3H2,1H3,(H2,13,14,15,16)/t7-/m0/s1. The van der Waals surface area contributed by atoms with Gasteiger partial charge >= 0.3 is 6.03 Å². The fourth-order valence-electron chi connectivity index (χ4n) is 1.56. The minimum atomic E-state index is -0.531. The molecular formula is C11H14FN3O. The summed E-state index contributed by atoms with van der Waals surface area (Å²) in [5.74, 6) is 0.0461. The Hall–Kier alpha value is -1.65. The summed E-state index contributed by atoms with van der Waals surface area (Å²) in [6, 6.07) is 1.20. The number of hydrogen-bond donors (Lipinski definition) is 2. The van der Waals surface area contributed by atoms with Crippen molar-refractivity contribution < 1.29 is 9.18 Å². The van der Waals surface area contributed by atoms with E-state index in [0.717, 1.165) is 19.0 Å². The van der Waals surface area contributed by atoms with Gasteiger partial charge in [0.1, 0.15) is 0 Å². The second-order valence-electron chi connectivity index (χ2n) is 4.08.